The zero-order valence-corrected chi connectivity index (χ0v) is 9.36. The Labute approximate surface area is 87.9 Å². The molecule has 0 radical (unpaired) electrons. The van der Waals surface area contributed by atoms with Crippen LogP contribution >= 0.6 is 11.8 Å². The first-order valence-corrected chi connectivity index (χ1v) is 5.84. The summed E-state index contributed by atoms with van der Waals surface area (Å²) in [7, 11) is 1.87. The summed E-state index contributed by atoms with van der Waals surface area (Å²) in [5.41, 5.74) is 0. The van der Waals surface area contributed by atoms with Gasteiger partial charge in [-0.15, -0.1) is 22.0 Å². The van der Waals surface area contributed by atoms with Crippen molar-refractivity contribution >= 4 is 11.8 Å². The number of thioether (sulfide) groups is 1. The van der Waals surface area contributed by atoms with Crippen molar-refractivity contribution < 1.29 is 4.42 Å². The van der Waals surface area contributed by atoms with Gasteiger partial charge in [0.1, 0.15) is 0 Å². The summed E-state index contributed by atoms with van der Waals surface area (Å²) in [5, 5.41) is 11.1. The maximum atomic E-state index is 5.61. The number of nitrogens with zero attached hydrogens (tertiary/aromatic N) is 2. The molecular formula is C9H15N3OS. The van der Waals surface area contributed by atoms with Crippen LogP contribution < -0.4 is 5.32 Å². The van der Waals surface area contributed by atoms with E-state index >= 15 is 0 Å². The predicted molar refractivity (Wildman–Crippen MR) is 56.1 cm³/mol. The SMILES string of the molecule is CNCc1nnc(C2(C)CCCS2)o1. The van der Waals surface area contributed by atoms with Crippen LogP contribution in [0.1, 0.15) is 31.5 Å². The van der Waals surface area contributed by atoms with Crippen molar-refractivity contribution in [2.24, 2.45) is 0 Å². The lowest BCUT2D eigenvalue weighted by Gasteiger charge is -2.16. The van der Waals surface area contributed by atoms with Gasteiger partial charge in [0.05, 0.1) is 11.3 Å². The number of rotatable bonds is 3. The van der Waals surface area contributed by atoms with E-state index in [2.05, 4.69) is 22.4 Å². The van der Waals surface area contributed by atoms with Crippen LogP contribution in [0.4, 0.5) is 0 Å². The van der Waals surface area contributed by atoms with Crippen LogP contribution in [0.25, 0.3) is 0 Å². The molecule has 0 saturated carbocycles. The number of hydrogen-bond acceptors (Lipinski definition) is 5. The van der Waals surface area contributed by atoms with Crippen molar-refractivity contribution in [2.75, 3.05) is 12.8 Å². The normalized spacial score (nSPS) is 27.0. The van der Waals surface area contributed by atoms with Crippen LogP contribution in [0.5, 0.6) is 0 Å². The molecule has 14 heavy (non-hydrogen) atoms. The van der Waals surface area contributed by atoms with Crippen molar-refractivity contribution in [1.29, 1.82) is 0 Å². The minimum Gasteiger partial charge on any atom is -0.422 e. The summed E-state index contributed by atoms with van der Waals surface area (Å²) in [4.78, 5) is 0. The molecule has 0 aromatic carbocycles. The van der Waals surface area contributed by atoms with Crippen LogP contribution in [0.15, 0.2) is 4.42 Å². The van der Waals surface area contributed by atoms with E-state index in [1.54, 1.807) is 0 Å². The third kappa shape index (κ3) is 1.79. The van der Waals surface area contributed by atoms with Crippen LogP contribution in [-0.4, -0.2) is 23.0 Å². The molecule has 0 aliphatic carbocycles. The highest BCUT2D eigenvalue weighted by atomic mass is 32.2. The summed E-state index contributed by atoms with van der Waals surface area (Å²) >= 11 is 1.91. The Hall–Kier alpha value is -0.550. The molecular weight excluding hydrogens is 198 g/mol. The molecule has 1 aliphatic rings. The van der Waals surface area contributed by atoms with Crippen LogP contribution in [0.3, 0.4) is 0 Å². The Morgan fingerprint density at radius 1 is 1.57 bits per heavy atom. The summed E-state index contributed by atoms with van der Waals surface area (Å²) in [5.74, 6) is 2.65. The molecule has 2 rings (SSSR count). The van der Waals surface area contributed by atoms with Crippen molar-refractivity contribution in [2.45, 2.75) is 31.1 Å². The molecule has 78 valence electrons. The lowest BCUT2D eigenvalue weighted by atomic mass is 10.1. The van der Waals surface area contributed by atoms with Crippen molar-refractivity contribution in [3.05, 3.63) is 11.8 Å². The summed E-state index contributed by atoms with van der Waals surface area (Å²) in [6, 6.07) is 0. The molecule has 2 heterocycles. The first-order valence-electron chi connectivity index (χ1n) is 4.86. The third-order valence-electron chi connectivity index (χ3n) is 2.47. The summed E-state index contributed by atoms with van der Waals surface area (Å²) < 4.78 is 5.66. The Morgan fingerprint density at radius 3 is 3.07 bits per heavy atom. The van der Waals surface area contributed by atoms with Gasteiger partial charge in [0.25, 0.3) is 0 Å². The smallest absolute Gasteiger partial charge is 0.232 e. The number of aromatic nitrogens is 2. The molecule has 0 amide bonds. The molecule has 1 fully saturated rings. The van der Waals surface area contributed by atoms with Gasteiger partial charge < -0.3 is 9.73 Å². The van der Waals surface area contributed by atoms with E-state index in [0.717, 1.165) is 12.3 Å². The molecule has 0 spiro atoms. The molecule has 1 N–H and O–H groups in total. The second-order valence-electron chi connectivity index (χ2n) is 3.71. The van der Waals surface area contributed by atoms with E-state index in [4.69, 9.17) is 4.42 Å². The van der Waals surface area contributed by atoms with E-state index < -0.39 is 0 Å². The first kappa shape index (κ1) is 9.98. The monoisotopic (exact) mass is 213 g/mol. The lowest BCUT2D eigenvalue weighted by molar-refractivity contribution is 0.395. The highest BCUT2D eigenvalue weighted by molar-refractivity contribution is 8.00. The maximum absolute atomic E-state index is 5.61. The molecule has 1 aromatic rings. The standard InChI is InChI=1S/C9H15N3OS/c1-9(4-3-5-14-9)8-12-11-7(13-8)6-10-2/h10H,3-6H2,1-2H3. The highest BCUT2D eigenvalue weighted by Gasteiger charge is 2.36. The van der Waals surface area contributed by atoms with E-state index in [9.17, 15) is 0 Å². The van der Waals surface area contributed by atoms with Gasteiger partial charge >= 0.3 is 0 Å². The zero-order chi connectivity index (χ0) is 10.0. The van der Waals surface area contributed by atoms with Gasteiger partial charge in [-0.2, -0.15) is 0 Å². The van der Waals surface area contributed by atoms with Gasteiger partial charge in [0, 0.05) is 0 Å². The fourth-order valence-corrected chi connectivity index (χ4v) is 2.87. The van der Waals surface area contributed by atoms with Crippen LogP contribution in [-0.2, 0) is 11.3 Å². The largest absolute Gasteiger partial charge is 0.422 e. The molecule has 1 atom stereocenters. The summed E-state index contributed by atoms with van der Waals surface area (Å²) in [6.45, 7) is 2.83. The van der Waals surface area contributed by atoms with Gasteiger partial charge in [0.15, 0.2) is 0 Å². The first-order chi connectivity index (χ1) is 6.74. The third-order valence-corrected chi connectivity index (χ3v) is 3.97. The fraction of sp³-hybridized carbons (Fsp3) is 0.778. The van der Waals surface area contributed by atoms with Gasteiger partial charge in [-0.3, -0.25) is 0 Å². The van der Waals surface area contributed by atoms with Gasteiger partial charge in [-0.25, -0.2) is 0 Å². The topological polar surface area (TPSA) is 51.0 Å². The van der Waals surface area contributed by atoms with Gasteiger partial charge in [-0.05, 0) is 32.6 Å². The van der Waals surface area contributed by atoms with Crippen LogP contribution in [0, 0.1) is 0 Å². The minimum absolute atomic E-state index is 0.0546. The van der Waals surface area contributed by atoms with Crippen LogP contribution in [0.2, 0.25) is 0 Å². The quantitative estimate of drug-likeness (QED) is 0.825. The highest BCUT2D eigenvalue weighted by Crippen LogP contribution is 2.45. The van der Waals surface area contributed by atoms with E-state index in [1.165, 1.54) is 12.2 Å². The van der Waals surface area contributed by atoms with Crippen molar-refractivity contribution in [3.8, 4) is 0 Å². The van der Waals surface area contributed by atoms with Gasteiger partial charge in [-0.1, -0.05) is 0 Å². The van der Waals surface area contributed by atoms with E-state index in [-0.39, 0.29) is 4.75 Å². The average Bonchev–Trinajstić information content (AvgIpc) is 2.75. The van der Waals surface area contributed by atoms with Crippen molar-refractivity contribution in [3.63, 3.8) is 0 Å². The van der Waals surface area contributed by atoms with Gasteiger partial charge in [0.2, 0.25) is 11.8 Å². The van der Waals surface area contributed by atoms with Crippen molar-refractivity contribution in [1.82, 2.24) is 15.5 Å². The molecule has 1 saturated heterocycles. The molecule has 1 aromatic heterocycles. The second kappa shape index (κ2) is 3.90. The summed E-state index contributed by atoms with van der Waals surface area (Å²) in [6.07, 6.45) is 2.38. The zero-order valence-electron chi connectivity index (χ0n) is 8.54. The molecule has 5 heteroatoms. The second-order valence-corrected chi connectivity index (χ2v) is 5.31. The molecule has 0 bridgehead atoms. The lowest BCUT2D eigenvalue weighted by Crippen LogP contribution is -2.13. The van der Waals surface area contributed by atoms with E-state index in [1.807, 2.05) is 18.8 Å². The Bertz CT molecular complexity index is 307. The Morgan fingerprint density at radius 2 is 2.43 bits per heavy atom. The minimum atomic E-state index is 0.0546. The molecule has 4 nitrogen and oxygen atoms in total. The average molecular weight is 213 g/mol. The number of nitrogens with one attached hydrogen (secondary N) is 1. The van der Waals surface area contributed by atoms with E-state index in [0.29, 0.717) is 12.4 Å². The Kier molecular flexibility index (Phi) is 2.78. The molecule has 1 unspecified atom stereocenters. The predicted octanol–water partition coefficient (Wildman–Crippen LogP) is 1.53. The maximum Gasteiger partial charge on any atom is 0.232 e. The fourth-order valence-electron chi connectivity index (χ4n) is 1.64. The Balaban J connectivity index is 2.15. The number of hydrogen-bond donors (Lipinski definition) is 1. The molecule has 1 aliphatic heterocycles.